The molecule has 3 rings (SSSR count). The highest BCUT2D eigenvalue weighted by molar-refractivity contribution is 7.11. The van der Waals surface area contributed by atoms with E-state index in [2.05, 4.69) is 4.98 Å². The molecule has 26 heavy (non-hydrogen) atoms. The van der Waals surface area contributed by atoms with E-state index in [0.717, 1.165) is 15.6 Å². The number of benzene rings is 1. The van der Waals surface area contributed by atoms with Gasteiger partial charge in [0.25, 0.3) is 5.91 Å². The van der Waals surface area contributed by atoms with Crippen molar-refractivity contribution in [1.82, 2.24) is 14.8 Å². The first-order valence-corrected chi connectivity index (χ1v) is 9.44. The third-order valence-electron chi connectivity index (χ3n) is 4.57. The van der Waals surface area contributed by atoms with Crippen molar-refractivity contribution < 1.29 is 14.3 Å². The lowest BCUT2D eigenvalue weighted by molar-refractivity contribution is -0.131. The number of aromatic nitrogens is 1. The molecular formula is C19H23N3O3S. The Morgan fingerprint density at radius 2 is 1.77 bits per heavy atom. The standard InChI is InChI=1S/C19H23N3O3S/c1-13-17(26-14(2)20-13)12-18(23)21-8-10-22(11-9-21)19(24)15-6-4-5-7-16(15)25-3/h4-7H,8-12H2,1-3H3. The molecular weight excluding hydrogens is 350 g/mol. The summed E-state index contributed by atoms with van der Waals surface area (Å²) in [7, 11) is 1.56. The van der Waals surface area contributed by atoms with Crippen molar-refractivity contribution in [1.29, 1.82) is 0 Å². The van der Waals surface area contributed by atoms with Gasteiger partial charge in [-0.3, -0.25) is 9.59 Å². The number of carbonyl (C=O) groups excluding carboxylic acids is 2. The Hall–Kier alpha value is -2.41. The summed E-state index contributed by atoms with van der Waals surface area (Å²) in [6.45, 7) is 6.06. The Morgan fingerprint density at radius 1 is 1.12 bits per heavy atom. The highest BCUT2D eigenvalue weighted by Gasteiger charge is 2.26. The largest absolute Gasteiger partial charge is 0.496 e. The molecule has 0 bridgehead atoms. The fraction of sp³-hybridized carbons (Fsp3) is 0.421. The van der Waals surface area contributed by atoms with E-state index in [1.165, 1.54) is 0 Å². The van der Waals surface area contributed by atoms with Gasteiger partial charge in [-0.25, -0.2) is 4.98 Å². The Balaban J connectivity index is 1.59. The molecule has 1 fully saturated rings. The number of ether oxygens (including phenoxy) is 1. The van der Waals surface area contributed by atoms with E-state index in [-0.39, 0.29) is 11.8 Å². The first-order chi connectivity index (χ1) is 12.5. The van der Waals surface area contributed by atoms with Crippen LogP contribution >= 0.6 is 11.3 Å². The van der Waals surface area contributed by atoms with Gasteiger partial charge in [0.2, 0.25) is 5.91 Å². The van der Waals surface area contributed by atoms with Crippen LogP contribution in [0.15, 0.2) is 24.3 Å². The number of thiazole rings is 1. The zero-order valence-electron chi connectivity index (χ0n) is 15.3. The average Bonchev–Trinajstić information content (AvgIpc) is 2.98. The minimum Gasteiger partial charge on any atom is -0.496 e. The van der Waals surface area contributed by atoms with Gasteiger partial charge in [-0.1, -0.05) is 12.1 Å². The molecule has 1 aliphatic heterocycles. The zero-order chi connectivity index (χ0) is 18.7. The van der Waals surface area contributed by atoms with Crippen LogP contribution in [0.25, 0.3) is 0 Å². The molecule has 2 amide bonds. The number of hydrogen-bond acceptors (Lipinski definition) is 5. The maximum atomic E-state index is 12.7. The van der Waals surface area contributed by atoms with Crippen molar-refractivity contribution in [2.45, 2.75) is 20.3 Å². The minimum absolute atomic E-state index is 0.0523. The number of carbonyl (C=O) groups is 2. The number of nitrogens with zero attached hydrogens (tertiary/aromatic N) is 3. The van der Waals surface area contributed by atoms with E-state index in [0.29, 0.717) is 43.9 Å². The summed E-state index contributed by atoms with van der Waals surface area (Å²) < 4.78 is 5.28. The van der Waals surface area contributed by atoms with Crippen LogP contribution in [0.2, 0.25) is 0 Å². The average molecular weight is 373 g/mol. The van der Waals surface area contributed by atoms with Crippen molar-refractivity contribution in [3.05, 3.63) is 45.4 Å². The van der Waals surface area contributed by atoms with Gasteiger partial charge in [-0.05, 0) is 26.0 Å². The number of rotatable bonds is 4. The van der Waals surface area contributed by atoms with Gasteiger partial charge in [0, 0.05) is 31.1 Å². The van der Waals surface area contributed by atoms with E-state index in [9.17, 15) is 9.59 Å². The number of para-hydroxylation sites is 1. The molecule has 0 aliphatic carbocycles. The van der Waals surface area contributed by atoms with E-state index in [1.807, 2.05) is 30.9 Å². The van der Waals surface area contributed by atoms with Crippen molar-refractivity contribution >= 4 is 23.2 Å². The molecule has 0 unspecified atom stereocenters. The van der Waals surface area contributed by atoms with Gasteiger partial charge in [0.1, 0.15) is 5.75 Å². The summed E-state index contributed by atoms with van der Waals surface area (Å²) in [6, 6.07) is 7.23. The first-order valence-electron chi connectivity index (χ1n) is 8.62. The second-order valence-corrected chi connectivity index (χ2v) is 7.58. The Labute approximate surface area is 157 Å². The summed E-state index contributed by atoms with van der Waals surface area (Å²) in [4.78, 5) is 34.3. The number of hydrogen-bond donors (Lipinski definition) is 0. The van der Waals surface area contributed by atoms with Crippen LogP contribution in [0, 0.1) is 13.8 Å². The molecule has 0 radical (unpaired) electrons. The molecule has 0 saturated carbocycles. The zero-order valence-corrected chi connectivity index (χ0v) is 16.1. The third kappa shape index (κ3) is 3.88. The van der Waals surface area contributed by atoms with Crippen LogP contribution in [-0.4, -0.2) is 59.9 Å². The summed E-state index contributed by atoms with van der Waals surface area (Å²) in [6.07, 6.45) is 0.387. The lowest BCUT2D eigenvalue weighted by atomic mass is 10.1. The lowest BCUT2D eigenvalue weighted by Gasteiger charge is -2.35. The van der Waals surface area contributed by atoms with Gasteiger partial charge in [0.05, 0.1) is 29.8 Å². The third-order valence-corrected chi connectivity index (χ3v) is 5.64. The molecule has 0 spiro atoms. The molecule has 0 atom stereocenters. The number of aryl methyl sites for hydroxylation is 2. The number of piperazine rings is 1. The Kier molecular flexibility index (Phi) is 5.56. The molecule has 6 nitrogen and oxygen atoms in total. The fourth-order valence-corrected chi connectivity index (χ4v) is 4.07. The first kappa shape index (κ1) is 18.4. The summed E-state index contributed by atoms with van der Waals surface area (Å²) >= 11 is 1.58. The molecule has 1 aliphatic rings. The van der Waals surface area contributed by atoms with Crippen LogP contribution in [-0.2, 0) is 11.2 Å². The van der Waals surface area contributed by atoms with E-state index in [4.69, 9.17) is 4.74 Å². The van der Waals surface area contributed by atoms with Crippen molar-refractivity contribution in [3.63, 3.8) is 0 Å². The monoisotopic (exact) mass is 373 g/mol. The normalized spacial score (nSPS) is 14.4. The van der Waals surface area contributed by atoms with E-state index < -0.39 is 0 Å². The summed E-state index contributed by atoms with van der Waals surface area (Å²) in [5, 5.41) is 0.984. The van der Waals surface area contributed by atoms with E-state index >= 15 is 0 Å². The second-order valence-electron chi connectivity index (χ2n) is 6.29. The molecule has 1 saturated heterocycles. The molecule has 2 heterocycles. The van der Waals surface area contributed by atoms with Crippen LogP contribution < -0.4 is 4.74 Å². The van der Waals surface area contributed by atoms with Crippen molar-refractivity contribution in [2.75, 3.05) is 33.3 Å². The predicted molar refractivity (Wildman–Crippen MR) is 101 cm³/mol. The van der Waals surface area contributed by atoms with Gasteiger partial charge in [-0.2, -0.15) is 0 Å². The Morgan fingerprint density at radius 3 is 2.38 bits per heavy atom. The molecule has 7 heteroatoms. The van der Waals surface area contributed by atoms with Crippen LogP contribution in [0.1, 0.15) is 25.9 Å². The predicted octanol–water partition coefficient (Wildman–Crippen LogP) is 2.30. The van der Waals surface area contributed by atoms with Crippen molar-refractivity contribution in [2.24, 2.45) is 0 Å². The summed E-state index contributed by atoms with van der Waals surface area (Å²) in [5.41, 5.74) is 1.50. The molecule has 2 aromatic rings. The topological polar surface area (TPSA) is 62.7 Å². The molecule has 138 valence electrons. The quantitative estimate of drug-likeness (QED) is 0.825. The highest BCUT2D eigenvalue weighted by Crippen LogP contribution is 2.21. The van der Waals surface area contributed by atoms with Gasteiger partial charge >= 0.3 is 0 Å². The number of methoxy groups -OCH3 is 1. The highest BCUT2D eigenvalue weighted by atomic mass is 32.1. The maximum Gasteiger partial charge on any atom is 0.257 e. The van der Waals surface area contributed by atoms with E-state index in [1.54, 1.807) is 35.5 Å². The Bertz CT molecular complexity index is 810. The van der Waals surface area contributed by atoms with Crippen LogP contribution in [0.3, 0.4) is 0 Å². The second kappa shape index (κ2) is 7.86. The minimum atomic E-state index is -0.0523. The SMILES string of the molecule is COc1ccccc1C(=O)N1CCN(C(=O)Cc2sc(C)nc2C)CC1. The number of amides is 2. The maximum absolute atomic E-state index is 12.7. The molecule has 0 N–H and O–H groups in total. The molecule has 1 aromatic carbocycles. The van der Waals surface area contributed by atoms with Crippen LogP contribution in [0.4, 0.5) is 0 Å². The molecule has 1 aromatic heterocycles. The van der Waals surface area contributed by atoms with Gasteiger partial charge < -0.3 is 14.5 Å². The van der Waals surface area contributed by atoms with Crippen molar-refractivity contribution in [3.8, 4) is 5.75 Å². The summed E-state index contributed by atoms with van der Waals surface area (Å²) in [5.74, 6) is 0.622. The smallest absolute Gasteiger partial charge is 0.257 e. The van der Waals surface area contributed by atoms with Gasteiger partial charge in [-0.15, -0.1) is 11.3 Å². The fourth-order valence-electron chi connectivity index (χ4n) is 3.14. The lowest BCUT2D eigenvalue weighted by Crippen LogP contribution is -2.51. The van der Waals surface area contributed by atoms with Crippen LogP contribution in [0.5, 0.6) is 5.75 Å². The van der Waals surface area contributed by atoms with Gasteiger partial charge in [0.15, 0.2) is 0 Å².